The number of benzene rings is 2. The summed E-state index contributed by atoms with van der Waals surface area (Å²) in [5.41, 5.74) is 1.97. The molecule has 4 rings (SSSR count). The SMILES string of the molecule is C[C@@H]1CCCCN1c1ccc(NC(=O)c2sc3cc(Cl)ccc3c2Cl)cc1. The van der Waals surface area contributed by atoms with Crippen molar-refractivity contribution in [2.75, 3.05) is 16.8 Å². The van der Waals surface area contributed by atoms with Crippen molar-refractivity contribution in [3.8, 4) is 0 Å². The Morgan fingerprint density at radius 2 is 1.93 bits per heavy atom. The maximum Gasteiger partial charge on any atom is 0.267 e. The molecule has 0 unspecified atom stereocenters. The molecule has 3 nitrogen and oxygen atoms in total. The number of fused-ring (bicyclic) bond motifs is 1. The van der Waals surface area contributed by atoms with Gasteiger partial charge in [0.2, 0.25) is 0 Å². The van der Waals surface area contributed by atoms with Gasteiger partial charge < -0.3 is 10.2 Å². The molecule has 0 radical (unpaired) electrons. The van der Waals surface area contributed by atoms with Gasteiger partial charge >= 0.3 is 0 Å². The Morgan fingerprint density at radius 1 is 1.15 bits per heavy atom. The number of anilines is 2. The third-order valence-electron chi connectivity index (χ3n) is 5.06. The number of rotatable bonds is 3. The average Bonchev–Trinajstić information content (AvgIpc) is 2.99. The van der Waals surface area contributed by atoms with E-state index in [2.05, 4.69) is 29.3 Å². The number of nitrogens with one attached hydrogen (secondary N) is 1. The Hall–Kier alpha value is -1.75. The number of hydrogen-bond donors (Lipinski definition) is 1. The lowest BCUT2D eigenvalue weighted by Crippen LogP contribution is -2.37. The Balaban J connectivity index is 1.52. The first kappa shape index (κ1) is 18.6. The first-order valence-electron chi connectivity index (χ1n) is 9.08. The van der Waals surface area contributed by atoms with Crippen LogP contribution in [0.3, 0.4) is 0 Å². The second-order valence-electron chi connectivity index (χ2n) is 6.92. The highest BCUT2D eigenvalue weighted by molar-refractivity contribution is 7.21. The van der Waals surface area contributed by atoms with Crippen LogP contribution in [0.1, 0.15) is 35.9 Å². The fraction of sp³-hybridized carbons (Fsp3) is 0.286. The highest BCUT2D eigenvalue weighted by Gasteiger charge is 2.20. The third-order valence-corrected chi connectivity index (χ3v) is 6.95. The van der Waals surface area contributed by atoms with E-state index in [0.717, 1.165) is 22.3 Å². The lowest BCUT2D eigenvalue weighted by atomic mass is 10.0. The van der Waals surface area contributed by atoms with E-state index in [0.29, 0.717) is 21.0 Å². The molecule has 1 saturated heterocycles. The molecule has 2 aromatic carbocycles. The molecule has 0 saturated carbocycles. The smallest absolute Gasteiger partial charge is 0.267 e. The summed E-state index contributed by atoms with van der Waals surface area (Å²) < 4.78 is 0.909. The first-order valence-corrected chi connectivity index (χ1v) is 10.7. The highest BCUT2D eigenvalue weighted by Crippen LogP contribution is 2.37. The molecule has 1 fully saturated rings. The minimum Gasteiger partial charge on any atom is -0.369 e. The fourth-order valence-corrected chi connectivity index (χ4v) is 5.28. The Morgan fingerprint density at radius 3 is 2.67 bits per heavy atom. The lowest BCUT2D eigenvalue weighted by molar-refractivity contribution is 0.103. The quantitative estimate of drug-likeness (QED) is 0.504. The largest absolute Gasteiger partial charge is 0.369 e. The van der Waals surface area contributed by atoms with Crippen molar-refractivity contribution < 1.29 is 4.79 Å². The average molecular weight is 419 g/mol. The molecule has 1 atom stereocenters. The molecule has 6 heteroatoms. The molecular formula is C21H20Cl2N2OS. The van der Waals surface area contributed by atoms with E-state index >= 15 is 0 Å². The number of piperidine rings is 1. The third kappa shape index (κ3) is 3.79. The van der Waals surface area contributed by atoms with Crippen LogP contribution in [0.15, 0.2) is 42.5 Å². The zero-order valence-electron chi connectivity index (χ0n) is 15.0. The number of nitrogens with zero attached hydrogens (tertiary/aromatic N) is 1. The maximum absolute atomic E-state index is 12.7. The van der Waals surface area contributed by atoms with Gasteiger partial charge in [0.1, 0.15) is 4.88 Å². The van der Waals surface area contributed by atoms with E-state index in [1.54, 1.807) is 6.07 Å². The summed E-state index contributed by atoms with van der Waals surface area (Å²) in [6, 6.07) is 14.1. The van der Waals surface area contributed by atoms with Crippen molar-refractivity contribution in [1.82, 2.24) is 0 Å². The lowest BCUT2D eigenvalue weighted by Gasteiger charge is -2.35. The van der Waals surface area contributed by atoms with Gasteiger partial charge in [-0.25, -0.2) is 0 Å². The van der Waals surface area contributed by atoms with Gasteiger partial charge in [0, 0.05) is 39.1 Å². The van der Waals surface area contributed by atoms with Gasteiger partial charge in [0.05, 0.1) is 5.02 Å². The van der Waals surface area contributed by atoms with Crippen LogP contribution < -0.4 is 10.2 Å². The number of hydrogen-bond acceptors (Lipinski definition) is 3. The molecule has 3 aromatic rings. The van der Waals surface area contributed by atoms with Crippen LogP contribution in [0.25, 0.3) is 10.1 Å². The van der Waals surface area contributed by atoms with Crippen LogP contribution in [-0.2, 0) is 0 Å². The standard InChI is InChI=1S/C21H20Cl2N2OS/c1-13-4-2-3-11-25(13)16-8-6-15(7-9-16)24-21(26)20-19(23)17-10-5-14(22)12-18(17)27-20/h5-10,12-13H,2-4,11H2,1H3,(H,24,26)/t13-/m1/s1. The Kier molecular flexibility index (Phi) is 5.31. The Labute approximate surface area is 172 Å². The van der Waals surface area contributed by atoms with Crippen molar-refractivity contribution in [3.05, 3.63) is 57.4 Å². The molecule has 1 amide bonds. The summed E-state index contributed by atoms with van der Waals surface area (Å²) in [7, 11) is 0. The van der Waals surface area contributed by atoms with Crippen LogP contribution in [0.2, 0.25) is 10.0 Å². The maximum atomic E-state index is 12.7. The monoisotopic (exact) mass is 418 g/mol. The molecule has 0 spiro atoms. The number of carbonyl (C=O) groups excluding carboxylic acids is 1. The summed E-state index contributed by atoms with van der Waals surface area (Å²) in [5, 5.41) is 4.91. The van der Waals surface area contributed by atoms with Crippen molar-refractivity contribution >= 4 is 61.9 Å². The van der Waals surface area contributed by atoms with Gasteiger partial charge in [-0.2, -0.15) is 0 Å². The zero-order valence-corrected chi connectivity index (χ0v) is 17.3. The Bertz CT molecular complexity index is 984. The van der Waals surface area contributed by atoms with Crippen LogP contribution in [0.5, 0.6) is 0 Å². The molecule has 0 bridgehead atoms. The second kappa shape index (κ2) is 7.70. The summed E-state index contributed by atoms with van der Waals surface area (Å²) in [4.78, 5) is 15.6. The van der Waals surface area contributed by atoms with Gasteiger partial charge in [-0.3, -0.25) is 4.79 Å². The predicted octanol–water partition coefficient (Wildman–Crippen LogP) is 6.84. The van der Waals surface area contributed by atoms with Crippen LogP contribution in [-0.4, -0.2) is 18.5 Å². The molecule has 1 aliphatic rings. The topological polar surface area (TPSA) is 32.3 Å². The van der Waals surface area contributed by atoms with Crippen LogP contribution in [0, 0.1) is 0 Å². The molecule has 1 aromatic heterocycles. The van der Waals surface area contributed by atoms with Crippen molar-refractivity contribution in [2.24, 2.45) is 0 Å². The van der Waals surface area contributed by atoms with E-state index in [1.165, 1.54) is 36.3 Å². The minimum absolute atomic E-state index is 0.198. The number of thiophene rings is 1. The molecular weight excluding hydrogens is 399 g/mol. The van der Waals surface area contributed by atoms with Crippen LogP contribution in [0.4, 0.5) is 11.4 Å². The normalized spacial score (nSPS) is 17.3. The van der Waals surface area contributed by atoms with Gasteiger partial charge in [-0.15, -0.1) is 11.3 Å². The van der Waals surface area contributed by atoms with Crippen molar-refractivity contribution in [1.29, 1.82) is 0 Å². The number of amides is 1. The van der Waals surface area contributed by atoms with Crippen LogP contribution >= 0.6 is 34.5 Å². The molecule has 2 heterocycles. The summed E-state index contributed by atoms with van der Waals surface area (Å²) >= 11 is 13.8. The van der Waals surface area contributed by atoms with Gasteiger partial charge in [0.25, 0.3) is 5.91 Å². The second-order valence-corrected chi connectivity index (χ2v) is 8.79. The number of halogens is 2. The molecule has 1 aliphatic heterocycles. The van der Waals surface area contributed by atoms with Crippen molar-refractivity contribution in [2.45, 2.75) is 32.2 Å². The summed E-state index contributed by atoms with van der Waals surface area (Å²) in [6.45, 7) is 3.36. The molecule has 140 valence electrons. The first-order chi connectivity index (χ1) is 13.0. The predicted molar refractivity (Wildman–Crippen MR) is 117 cm³/mol. The van der Waals surface area contributed by atoms with Gasteiger partial charge in [-0.1, -0.05) is 29.3 Å². The van der Waals surface area contributed by atoms with Gasteiger partial charge in [-0.05, 0) is 62.6 Å². The summed E-state index contributed by atoms with van der Waals surface area (Å²) in [5.74, 6) is -0.198. The van der Waals surface area contributed by atoms with Gasteiger partial charge in [0.15, 0.2) is 0 Å². The van der Waals surface area contributed by atoms with Crippen molar-refractivity contribution in [3.63, 3.8) is 0 Å². The molecule has 0 aliphatic carbocycles. The molecule has 1 N–H and O–H groups in total. The van der Waals surface area contributed by atoms with E-state index in [1.807, 2.05) is 24.3 Å². The fourth-order valence-electron chi connectivity index (χ4n) is 3.59. The number of carbonyl (C=O) groups is 1. The van der Waals surface area contributed by atoms with E-state index in [4.69, 9.17) is 23.2 Å². The zero-order chi connectivity index (χ0) is 19.0. The molecule has 27 heavy (non-hydrogen) atoms. The van der Waals surface area contributed by atoms with E-state index in [9.17, 15) is 4.79 Å². The summed E-state index contributed by atoms with van der Waals surface area (Å²) in [6.07, 6.45) is 3.76. The minimum atomic E-state index is -0.198. The van der Waals surface area contributed by atoms with E-state index in [-0.39, 0.29) is 5.91 Å². The highest BCUT2D eigenvalue weighted by atomic mass is 35.5. The van der Waals surface area contributed by atoms with E-state index < -0.39 is 0 Å².